The number of carbonyl (C=O) groups is 3. The minimum absolute atomic E-state index is 0.00634. The van der Waals surface area contributed by atoms with Crippen molar-refractivity contribution in [3.05, 3.63) is 24.0 Å². The largest absolute Gasteiger partial charge is 0.460 e. The SMILES string of the molecule is CC(C)(C)OC(=O)C1CCC(N2CCN(c3ccc(NC4CCC(=O)NC4=O)cc3F)CC2)CC1. The first-order valence-electron chi connectivity index (χ1n) is 12.7. The highest BCUT2D eigenvalue weighted by atomic mass is 19.1. The van der Waals surface area contributed by atoms with Crippen LogP contribution in [-0.4, -0.2) is 66.5 Å². The molecule has 3 fully saturated rings. The van der Waals surface area contributed by atoms with Gasteiger partial charge < -0.3 is 15.0 Å². The molecule has 2 aliphatic heterocycles. The van der Waals surface area contributed by atoms with Crippen LogP contribution in [0.15, 0.2) is 18.2 Å². The van der Waals surface area contributed by atoms with Crippen molar-refractivity contribution >= 4 is 29.2 Å². The fraction of sp³-hybridized carbons (Fsp3) is 0.654. The van der Waals surface area contributed by atoms with E-state index >= 15 is 0 Å². The van der Waals surface area contributed by atoms with E-state index in [1.165, 1.54) is 6.07 Å². The van der Waals surface area contributed by atoms with Gasteiger partial charge in [-0.15, -0.1) is 0 Å². The van der Waals surface area contributed by atoms with Crippen molar-refractivity contribution in [1.29, 1.82) is 0 Å². The molecule has 2 saturated heterocycles. The van der Waals surface area contributed by atoms with Crippen LogP contribution in [0.5, 0.6) is 0 Å². The number of nitrogens with one attached hydrogen (secondary N) is 2. The van der Waals surface area contributed by atoms with Gasteiger partial charge >= 0.3 is 5.97 Å². The smallest absolute Gasteiger partial charge is 0.309 e. The van der Waals surface area contributed by atoms with Crippen LogP contribution in [0.1, 0.15) is 59.3 Å². The zero-order valence-corrected chi connectivity index (χ0v) is 20.9. The molecule has 8 nitrogen and oxygen atoms in total. The van der Waals surface area contributed by atoms with E-state index in [4.69, 9.17) is 4.74 Å². The third-order valence-corrected chi connectivity index (χ3v) is 7.14. The van der Waals surface area contributed by atoms with Crippen molar-refractivity contribution in [2.75, 3.05) is 36.4 Å². The average Bonchev–Trinajstić information content (AvgIpc) is 2.80. The number of piperidine rings is 1. The summed E-state index contributed by atoms with van der Waals surface area (Å²) in [5, 5.41) is 5.34. The molecule has 9 heteroatoms. The molecule has 192 valence electrons. The van der Waals surface area contributed by atoms with Crippen molar-refractivity contribution in [3.63, 3.8) is 0 Å². The van der Waals surface area contributed by atoms with Crippen molar-refractivity contribution in [2.45, 2.75) is 77.0 Å². The molecule has 0 aromatic heterocycles. The number of imide groups is 1. The van der Waals surface area contributed by atoms with Gasteiger partial charge in [-0.05, 0) is 71.1 Å². The van der Waals surface area contributed by atoms with Crippen LogP contribution in [0.4, 0.5) is 15.8 Å². The summed E-state index contributed by atoms with van der Waals surface area (Å²) < 4.78 is 20.5. The fourth-order valence-electron chi connectivity index (χ4n) is 5.28. The topological polar surface area (TPSA) is 91.0 Å². The maximum Gasteiger partial charge on any atom is 0.309 e. The molecule has 2 N–H and O–H groups in total. The van der Waals surface area contributed by atoms with Crippen molar-refractivity contribution in [1.82, 2.24) is 10.2 Å². The standard InChI is InChI=1S/C26H37FN4O4/c1-26(2,3)35-25(34)17-4-7-19(8-5-17)30-12-14-31(15-13-30)22-10-6-18(16-20(22)27)28-21-9-11-23(32)29-24(21)33/h6,10,16-17,19,21,28H,4-5,7-9,11-15H2,1-3H3,(H,29,32,33). The Balaban J connectivity index is 1.25. The molecule has 2 heterocycles. The molecular formula is C26H37FN4O4. The molecule has 0 bridgehead atoms. The van der Waals surface area contributed by atoms with Crippen LogP contribution in [-0.2, 0) is 19.1 Å². The van der Waals surface area contributed by atoms with E-state index in [1.54, 1.807) is 12.1 Å². The number of hydrogen-bond acceptors (Lipinski definition) is 7. The van der Waals surface area contributed by atoms with E-state index < -0.39 is 11.6 Å². The van der Waals surface area contributed by atoms with Gasteiger partial charge in [0.05, 0.1) is 11.6 Å². The highest BCUT2D eigenvalue weighted by molar-refractivity contribution is 6.01. The van der Waals surface area contributed by atoms with Gasteiger partial charge in [-0.2, -0.15) is 0 Å². The fourth-order valence-corrected chi connectivity index (χ4v) is 5.28. The second-order valence-corrected chi connectivity index (χ2v) is 10.9. The number of carbonyl (C=O) groups excluding carboxylic acids is 3. The van der Waals surface area contributed by atoms with Crippen LogP contribution in [0.2, 0.25) is 0 Å². The molecule has 1 unspecified atom stereocenters. The number of benzene rings is 1. The van der Waals surface area contributed by atoms with Gasteiger partial charge in [-0.3, -0.25) is 24.6 Å². The van der Waals surface area contributed by atoms with E-state index in [2.05, 4.69) is 20.4 Å². The molecule has 3 aliphatic rings. The Bertz CT molecular complexity index is 947. The lowest BCUT2D eigenvalue weighted by molar-refractivity contribution is -0.161. The van der Waals surface area contributed by atoms with Crippen molar-refractivity contribution in [2.24, 2.45) is 5.92 Å². The molecular weight excluding hydrogens is 451 g/mol. The third kappa shape index (κ3) is 6.51. The number of ether oxygens (including phenoxy) is 1. The van der Waals surface area contributed by atoms with Gasteiger partial charge in [0.25, 0.3) is 0 Å². The maximum atomic E-state index is 14.9. The second kappa shape index (κ2) is 10.5. The van der Waals surface area contributed by atoms with Crippen LogP contribution >= 0.6 is 0 Å². The van der Waals surface area contributed by atoms with Gasteiger partial charge in [0.2, 0.25) is 11.8 Å². The summed E-state index contributed by atoms with van der Waals surface area (Å²) in [5.74, 6) is -1.06. The van der Waals surface area contributed by atoms with E-state index in [-0.39, 0.29) is 35.9 Å². The highest BCUT2D eigenvalue weighted by Gasteiger charge is 2.33. The zero-order chi connectivity index (χ0) is 25.2. The average molecular weight is 489 g/mol. The minimum atomic E-state index is -0.535. The zero-order valence-electron chi connectivity index (χ0n) is 20.9. The Morgan fingerprint density at radius 2 is 1.74 bits per heavy atom. The van der Waals surface area contributed by atoms with Crippen molar-refractivity contribution < 1.29 is 23.5 Å². The molecule has 1 saturated carbocycles. The number of halogens is 1. The Labute approximate surface area is 206 Å². The molecule has 1 aromatic carbocycles. The highest BCUT2D eigenvalue weighted by Crippen LogP contribution is 2.31. The molecule has 0 radical (unpaired) electrons. The Kier molecular flexibility index (Phi) is 7.64. The van der Waals surface area contributed by atoms with E-state index in [0.29, 0.717) is 23.8 Å². The predicted octanol–water partition coefficient (Wildman–Crippen LogP) is 3.07. The Hall–Kier alpha value is -2.68. The maximum absolute atomic E-state index is 14.9. The molecule has 1 aromatic rings. The number of piperazine rings is 1. The summed E-state index contributed by atoms with van der Waals surface area (Å²) >= 11 is 0. The van der Waals surface area contributed by atoms with Gasteiger partial charge in [-0.25, -0.2) is 4.39 Å². The summed E-state index contributed by atoms with van der Waals surface area (Å²) in [6.45, 7) is 8.91. The monoisotopic (exact) mass is 488 g/mol. The summed E-state index contributed by atoms with van der Waals surface area (Å²) in [7, 11) is 0. The van der Waals surface area contributed by atoms with Gasteiger partial charge in [0.15, 0.2) is 0 Å². The quantitative estimate of drug-likeness (QED) is 0.486. The number of hydrogen-bond donors (Lipinski definition) is 2. The first-order valence-corrected chi connectivity index (χ1v) is 12.7. The molecule has 1 aliphatic carbocycles. The first-order chi connectivity index (χ1) is 16.6. The number of anilines is 2. The summed E-state index contributed by atoms with van der Waals surface area (Å²) in [5.41, 5.74) is 0.645. The van der Waals surface area contributed by atoms with Crippen LogP contribution < -0.4 is 15.5 Å². The molecule has 2 amide bonds. The van der Waals surface area contributed by atoms with Crippen molar-refractivity contribution in [3.8, 4) is 0 Å². The number of esters is 1. The molecule has 1 atom stereocenters. The third-order valence-electron chi connectivity index (χ3n) is 7.14. The molecule has 0 spiro atoms. The normalized spacial score (nSPS) is 26.3. The van der Waals surface area contributed by atoms with Gasteiger partial charge in [0.1, 0.15) is 17.5 Å². The summed E-state index contributed by atoms with van der Waals surface area (Å²) in [4.78, 5) is 40.2. The second-order valence-electron chi connectivity index (χ2n) is 10.9. The lowest BCUT2D eigenvalue weighted by Gasteiger charge is -2.42. The summed E-state index contributed by atoms with van der Waals surface area (Å²) in [6, 6.07) is 4.88. The number of rotatable bonds is 5. The first kappa shape index (κ1) is 25.4. The van der Waals surface area contributed by atoms with E-state index in [9.17, 15) is 18.8 Å². The van der Waals surface area contributed by atoms with Crippen LogP contribution in [0, 0.1) is 11.7 Å². The predicted molar refractivity (Wildman–Crippen MR) is 132 cm³/mol. The van der Waals surface area contributed by atoms with Gasteiger partial charge in [-0.1, -0.05) is 0 Å². The minimum Gasteiger partial charge on any atom is -0.460 e. The van der Waals surface area contributed by atoms with Crippen LogP contribution in [0.3, 0.4) is 0 Å². The van der Waals surface area contributed by atoms with Gasteiger partial charge in [0, 0.05) is 44.3 Å². The van der Waals surface area contributed by atoms with E-state index in [0.717, 1.165) is 51.9 Å². The Morgan fingerprint density at radius 1 is 1.06 bits per heavy atom. The molecule has 35 heavy (non-hydrogen) atoms. The molecule has 4 rings (SSSR count). The Morgan fingerprint density at radius 3 is 2.34 bits per heavy atom. The lowest BCUT2D eigenvalue weighted by Crippen LogP contribution is -2.51. The van der Waals surface area contributed by atoms with E-state index in [1.807, 2.05) is 20.8 Å². The lowest BCUT2D eigenvalue weighted by atomic mass is 9.85. The summed E-state index contributed by atoms with van der Waals surface area (Å²) in [6.07, 6.45) is 4.36. The van der Waals surface area contributed by atoms with Crippen LogP contribution in [0.25, 0.3) is 0 Å². The number of amides is 2. The number of nitrogens with zero attached hydrogens (tertiary/aromatic N) is 2.